The number of hydrogen-bond donors (Lipinski definition) is 0. The van der Waals surface area contributed by atoms with Crippen LogP contribution in [-0.4, -0.2) is 29.2 Å². The third kappa shape index (κ3) is 2.54. The van der Waals surface area contributed by atoms with Gasteiger partial charge in [0.1, 0.15) is 18.7 Å². The van der Waals surface area contributed by atoms with Gasteiger partial charge in [0.25, 0.3) is 5.56 Å². The summed E-state index contributed by atoms with van der Waals surface area (Å²) in [6.07, 6.45) is 5.94. The third-order valence-electron chi connectivity index (χ3n) is 6.09. The second-order valence-electron chi connectivity index (χ2n) is 7.89. The maximum Gasteiger partial charge on any atom is 0.280 e. The zero-order chi connectivity index (χ0) is 20.4. The highest BCUT2D eigenvalue weighted by atomic mass is 19.1. The Balaban J connectivity index is 1.22. The second-order valence-corrected chi connectivity index (χ2v) is 7.89. The van der Waals surface area contributed by atoms with Crippen LogP contribution in [0.25, 0.3) is 16.7 Å². The Morgan fingerprint density at radius 2 is 2.07 bits per heavy atom. The summed E-state index contributed by atoms with van der Waals surface area (Å²) in [4.78, 5) is 25.5. The van der Waals surface area contributed by atoms with E-state index < -0.39 is 0 Å². The number of benzene rings is 1. The molecule has 1 fully saturated rings. The predicted molar refractivity (Wildman–Crippen MR) is 105 cm³/mol. The van der Waals surface area contributed by atoms with Gasteiger partial charge in [-0.2, -0.15) is 4.98 Å². The van der Waals surface area contributed by atoms with Crippen LogP contribution in [-0.2, 0) is 13.6 Å². The SMILES string of the molecule is Cn1cnc2ncn(Cc3nc(C4C5C=C(c6ccccc6F)CC54)no3)c(=O)c21. The number of fused-ring (bicyclic) bond motifs is 2. The molecule has 0 amide bonds. The van der Waals surface area contributed by atoms with Gasteiger partial charge in [-0.3, -0.25) is 9.36 Å². The van der Waals surface area contributed by atoms with Crippen LogP contribution in [0.1, 0.15) is 29.6 Å². The monoisotopic (exact) mass is 404 g/mol. The molecule has 30 heavy (non-hydrogen) atoms. The lowest BCUT2D eigenvalue weighted by molar-refractivity contribution is 0.364. The summed E-state index contributed by atoms with van der Waals surface area (Å²) in [5, 5.41) is 4.13. The first-order valence-corrected chi connectivity index (χ1v) is 9.74. The number of nitrogens with zero attached hydrogens (tertiary/aromatic N) is 6. The molecule has 150 valence electrons. The molecule has 3 heterocycles. The first-order valence-electron chi connectivity index (χ1n) is 9.74. The Bertz CT molecular complexity index is 1380. The largest absolute Gasteiger partial charge is 0.337 e. The van der Waals surface area contributed by atoms with Crippen LogP contribution in [0.4, 0.5) is 4.39 Å². The number of rotatable bonds is 4. The van der Waals surface area contributed by atoms with Crippen molar-refractivity contribution in [2.24, 2.45) is 18.9 Å². The van der Waals surface area contributed by atoms with Crippen molar-refractivity contribution in [1.29, 1.82) is 0 Å². The summed E-state index contributed by atoms with van der Waals surface area (Å²) < 4.78 is 22.5. The van der Waals surface area contributed by atoms with E-state index in [2.05, 4.69) is 26.2 Å². The molecule has 2 aliphatic carbocycles. The van der Waals surface area contributed by atoms with Crippen LogP contribution in [0.5, 0.6) is 0 Å². The van der Waals surface area contributed by atoms with Crippen LogP contribution >= 0.6 is 0 Å². The van der Waals surface area contributed by atoms with Gasteiger partial charge in [0, 0.05) is 18.5 Å². The van der Waals surface area contributed by atoms with Gasteiger partial charge in [0.2, 0.25) is 5.89 Å². The molecule has 3 unspecified atom stereocenters. The summed E-state index contributed by atoms with van der Waals surface area (Å²) in [5.41, 5.74) is 2.35. The number of imidazole rings is 1. The normalized spacial score (nSPS) is 22.3. The van der Waals surface area contributed by atoms with Crippen molar-refractivity contribution < 1.29 is 8.91 Å². The molecule has 1 aromatic carbocycles. The Hall–Kier alpha value is -3.62. The van der Waals surface area contributed by atoms with Gasteiger partial charge in [-0.05, 0) is 29.9 Å². The molecule has 0 radical (unpaired) electrons. The Morgan fingerprint density at radius 3 is 2.87 bits per heavy atom. The van der Waals surface area contributed by atoms with E-state index in [0.29, 0.717) is 40.3 Å². The fourth-order valence-corrected chi connectivity index (χ4v) is 4.53. The number of allylic oxidation sites excluding steroid dienone is 2. The van der Waals surface area contributed by atoms with Crippen molar-refractivity contribution in [2.45, 2.75) is 18.9 Å². The summed E-state index contributed by atoms with van der Waals surface area (Å²) in [6.45, 7) is 0.151. The molecule has 8 nitrogen and oxygen atoms in total. The number of halogens is 1. The van der Waals surface area contributed by atoms with Crippen LogP contribution < -0.4 is 5.56 Å². The average molecular weight is 404 g/mol. The van der Waals surface area contributed by atoms with E-state index in [4.69, 9.17) is 4.52 Å². The van der Waals surface area contributed by atoms with Crippen molar-refractivity contribution in [3.63, 3.8) is 0 Å². The smallest absolute Gasteiger partial charge is 0.280 e. The third-order valence-corrected chi connectivity index (χ3v) is 6.09. The van der Waals surface area contributed by atoms with Gasteiger partial charge in [0.05, 0.1) is 6.33 Å². The first-order chi connectivity index (χ1) is 14.6. The summed E-state index contributed by atoms with van der Waals surface area (Å²) in [6, 6.07) is 6.86. The van der Waals surface area contributed by atoms with Crippen LogP contribution in [0, 0.1) is 17.7 Å². The van der Waals surface area contributed by atoms with E-state index in [1.165, 1.54) is 17.0 Å². The van der Waals surface area contributed by atoms with Crippen molar-refractivity contribution in [2.75, 3.05) is 0 Å². The fourth-order valence-electron chi connectivity index (χ4n) is 4.53. The van der Waals surface area contributed by atoms with Crippen molar-refractivity contribution in [1.82, 2.24) is 29.2 Å². The maximum absolute atomic E-state index is 14.0. The van der Waals surface area contributed by atoms with Gasteiger partial charge in [-0.1, -0.05) is 29.4 Å². The lowest BCUT2D eigenvalue weighted by Gasteiger charge is -2.06. The molecule has 3 aromatic heterocycles. The average Bonchev–Trinajstić information content (AvgIpc) is 3.16. The molecule has 0 N–H and O–H groups in total. The zero-order valence-corrected chi connectivity index (χ0v) is 16.1. The second kappa shape index (κ2) is 6.19. The van der Waals surface area contributed by atoms with Gasteiger partial charge in [0.15, 0.2) is 17.0 Å². The lowest BCUT2D eigenvalue weighted by Crippen LogP contribution is -2.22. The van der Waals surface area contributed by atoms with Crippen molar-refractivity contribution >= 4 is 16.7 Å². The highest BCUT2D eigenvalue weighted by Gasteiger charge is 2.55. The van der Waals surface area contributed by atoms with Crippen LogP contribution in [0.2, 0.25) is 0 Å². The molecule has 3 atom stereocenters. The van der Waals surface area contributed by atoms with Gasteiger partial charge >= 0.3 is 0 Å². The molecule has 6 rings (SSSR count). The zero-order valence-electron chi connectivity index (χ0n) is 16.1. The first kappa shape index (κ1) is 17.3. The van der Waals surface area contributed by atoms with Crippen LogP contribution in [0.15, 0.2) is 52.3 Å². The molecule has 0 bridgehead atoms. The van der Waals surface area contributed by atoms with Gasteiger partial charge < -0.3 is 9.09 Å². The minimum Gasteiger partial charge on any atom is -0.337 e. The summed E-state index contributed by atoms with van der Waals surface area (Å²) >= 11 is 0. The quantitative estimate of drug-likeness (QED) is 0.519. The summed E-state index contributed by atoms with van der Waals surface area (Å²) in [5.74, 6) is 1.69. The Kier molecular flexibility index (Phi) is 3.56. The Morgan fingerprint density at radius 1 is 1.23 bits per heavy atom. The summed E-state index contributed by atoms with van der Waals surface area (Å²) in [7, 11) is 1.75. The highest BCUT2D eigenvalue weighted by molar-refractivity contribution is 5.71. The molecule has 1 saturated carbocycles. The topological polar surface area (TPSA) is 91.6 Å². The molecule has 2 aliphatic rings. The van der Waals surface area contributed by atoms with E-state index >= 15 is 0 Å². The minimum atomic E-state index is -0.208. The molecule has 4 aromatic rings. The minimum absolute atomic E-state index is 0.151. The van der Waals surface area contributed by atoms with Crippen molar-refractivity contribution in [3.05, 3.63) is 76.4 Å². The Labute approximate surface area is 169 Å². The molecular weight excluding hydrogens is 387 g/mol. The van der Waals surface area contributed by atoms with E-state index in [-0.39, 0.29) is 23.8 Å². The van der Waals surface area contributed by atoms with E-state index in [1.54, 1.807) is 24.0 Å². The molecule has 9 heteroatoms. The fraction of sp³-hybridized carbons (Fsp3) is 0.286. The molecular formula is C21H17FN6O2. The molecule has 0 spiro atoms. The van der Waals surface area contributed by atoms with E-state index in [0.717, 1.165) is 12.0 Å². The highest BCUT2D eigenvalue weighted by Crippen LogP contribution is 2.62. The maximum atomic E-state index is 14.0. The van der Waals surface area contributed by atoms with Gasteiger partial charge in [-0.25, -0.2) is 14.4 Å². The molecule has 0 aliphatic heterocycles. The number of aryl methyl sites for hydroxylation is 1. The standard InChI is InChI=1S/C21H17FN6O2/c1-27-9-23-20-18(27)21(29)28(10-24-20)8-16-25-19(26-30-16)17-13-6-11(7-14(13)17)12-4-2-3-5-15(12)22/h2-6,9-10,13-14,17H,7-8H2,1H3. The van der Waals surface area contributed by atoms with E-state index in [9.17, 15) is 9.18 Å². The van der Waals surface area contributed by atoms with Crippen LogP contribution in [0.3, 0.4) is 0 Å². The van der Waals surface area contributed by atoms with Crippen molar-refractivity contribution in [3.8, 4) is 0 Å². The lowest BCUT2D eigenvalue weighted by atomic mass is 10.0. The van der Waals surface area contributed by atoms with Gasteiger partial charge in [-0.15, -0.1) is 0 Å². The number of aromatic nitrogens is 6. The predicted octanol–water partition coefficient (Wildman–Crippen LogP) is 2.52. The number of hydrogen-bond acceptors (Lipinski definition) is 6. The molecule has 0 saturated heterocycles. The van der Waals surface area contributed by atoms with E-state index in [1.807, 2.05) is 12.1 Å².